The van der Waals surface area contributed by atoms with Crippen LogP contribution in [-0.2, 0) is 14.3 Å². The molecule has 0 unspecified atom stereocenters. The third-order valence-corrected chi connectivity index (χ3v) is 3.14. The van der Waals surface area contributed by atoms with E-state index in [2.05, 4.69) is 4.99 Å². The maximum Gasteiger partial charge on any atom is 0.355 e. The summed E-state index contributed by atoms with van der Waals surface area (Å²) in [6.07, 6.45) is 3.04. The van der Waals surface area contributed by atoms with E-state index in [0.29, 0.717) is 12.3 Å². The van der Waals surface area contributed by atoms with Crippen molar-refractivity contribution in [2.45, 2.75) is 33.1 Å². The second kappa shape index (κ2) is 7.18. The van der Waals surface area contributed by atoms with Crippen molar-refractivity contribution in [3.8, 4) is 0 Å². The largest absolute Gasteiger partial charge is 0.461 e. The molecule has 1 aromatic rings. The molecular weight excluding hydrogens is 266 g/mol. The van der Waals surface area contributed by atoms with E-state index in [-0.39, 0.29) is 12.1 Å². The monoisotopic (exact) mass is 287 g/mol. The zero-order valence-corrected chi connectivity index (χ0v) is 12.7. The van der Waals surface area contributed by atoms with Crippen LogP contribution in [0.3, 0.4) is 0 Å². The van der Waals surface area contributed by atoms with Crippen LogP contribution >= 0.6 is 0 Å². The van der Waals surface area contributed by atoms with Gasteiger partial charge in [0.15, 0.2) is 11.9 Å². The average molecular weight is 287 g/mol. The minimum atomic E-state index is -0.448. The molecule has 2 atom stereocenters. The highest BCUT2D eigenvalue weighted by atomic mass is 16.5. The Morgan fingerprint density at radius 3 is 2.71 bits per heavy atom. The molecule has 0 amide bonds. The smallest absolute Gasteiger partial charge is 0.355 e. The van der Waals surface area contributed by atoms with Gasteiger partial charge in [-0.05, 0) is 18.6 Å². The summed E-state index contributed by atoms with van der Waals surface area (Å²) in [5.74, 6) is -0.187. The summed E-state index contributed by atoms with van der Waals surface area (Å²) in [6.45, 7) is 6.14. The molecule has 1 aliphatic heterocycles. The maximum atomic E-state index is 12.0. The molecule has 4 nitrogen and oxygen atoms in total. The third kappa shape index (κ3) is 4.02. The second-order valence-electron chi connectivity index (χ2n) is 5.20. The number of nitrogens with zero attached hydrogens (tertiary/aromatic N) is 1. The molecule has 0 spiro atoms. The van der Waals surface area contributed by atoms with Crippen LogP contribution in [0.5, 0.6) is 0 Å². The molecule has 0 radical (unpaired) electrons. The predicted octanol–water partition coefficient (Wildman–Crippen LogP) is 3.08. The number of benzene rings is 1. The molecule has 0 N–H and O–H groups in total. The van der Waals surface area contributed by atoms with E-state index in [9.17, 15) is 4.79 Å². The fourth-order valence-electron chi connectivity index (χ4n) is 2.03. The number of rotatable bonds is 5. The highest BCUT2D eigenvalue weighted by molar-refractivity contribution is 6.39. The topological polar surface area (TPSA) is 47.9 Å². The summed E-state index contributed by atoms with van der Waals surface area (Å²) >= 11 is 0. The van der Waals surface area contributed by atoms with Crippen molar-refractivity contribution < 1.29 is 14.3 Å². The van der Waals surface area contributed by atoms with Crippen molar-refractivity contribution in [2.75, 3.05) is 6.61 Å². The number of carbonyl (C=O) groups is 1. The Balaban J connectivity index is 2.15. The van der Waals surface area contributed by atoms with Gasteiger partial charge in [-0.2, -0.15) is 0 Å². The van der Waals surface area contributed by atoms with Crippen LogP contribution in [0, 0.1) is 5.92 Å². The minimum Gasteiger partial charge on any atom is -0.461 e. The molecule has 4 heteroatoms. The van der Waals surface area contributed by atoms with Crippen molar-refractivity contribution in [2.24, 2.45) is 10.9 Å². The van der Waals surface area contributed by atoms with Crippen molar-refractivity contribution in [1.82, 2.24) is 0 Å². The second-order valence-corrected chi connectivity index (χ2v) is 5.20. The lowest BCUT2D eigenvalue weighted by Gasteiger charge is -2.13. The van der Waals surface area contributed by atoms with Crippen LogP contribution < -0.4 is 0 Å². The van der Waals surface area contributed by atoms with Gasteiger partial charge in [0.25, 0.3) is 0 Å². The SMILES string of the molecule is CCOC(=O)C1=N[C@@H](C(C)C)O[C@@H]1/C=C/c1ccccc1. The molecule has 0 saturated carbocycles. The van der Waals surface area contributed by atoms with E-state index in [4.69, 9.17) is 9.47 Å². The highest BCUT2D eigenvalue weighted by Gasteiger charge is 2.33. The van der Waals surface area contributed by atoms with E-state index in [0.717, 1.165) is 5.56 Å². The van der Waals surface area contributed by atoms with E-state index < -0.39 is 12.1 Å². The van der Waals surface area contributed by atoms with Gasteiger partial charge >= 0.3 is 5.97 Å². The standard InChI is InChI=1S/C17H21NO3/c1-4-20-17(19)15-14(21-16(18-15)12(2)3)11-10-13-8-6-5-7-9-13/h5-12,14,16H,4H2,1-3H3/b11-10+/t14-,16-/m1/s1. The van der Waals surface area contributed by atoms with Gasteiger partial charge in [0.1, 0.15) is 6.10 Å². The van der Waals surface area contributed by atoms with Gasteiger partial charge < -0.3 is 9.47 Å². The molecular formula is C17H21NO3. The predicted molar refractivity (Wildman–Crippen MR) is 83.0 cm³/mol. The van der Waals surface area contributed by atoms with Crippen molar-refractivity contribution in [3.05, 3.63) is 42.0 Å². The van der Waals surface area contributed by atoms with Crippen LogP contribution in [0.2, 0.25) is 0 Å². The number of carbonyl (C=O) groups excluding carboxylic acids is 1. The van der Waals surface area contributed by atoms with E-state index in [1.54, 1.807) is 6.92 Å². The Bertz CT molecular complexity index is 534. The molecule has 112 valence electrons. The number of hydrogen-bond donors (Lipinski definition) is 0. The number of hydrogen-bond acceptors (Lipinski definition) is 4. The molecule has 21 heavy (non-hydrogen) atoms. The summed E-state index contributed by atoms with van der Waals surface area (Å²) in [5, 5.41) is 0. The first-order valence-corrected chi connectivity index (χ1v) is 7.25. The van der Waals surface area contributed by atoms with E-state index >= 15 is 0 Å². The molecule has 1 heterocycles. The van der Waals surface area contributed by atoms with E-state index in [1.807, 2.05) is 56.3 Å². The molecule has 0 aromatic heterocycles. The Morgan fingerprint density at radius 1 is 1.38 bits per heavy atom. The van der Waals surface area contributed by atoms with Gasteiger partial charge in [-0.25, -0.2) is 9.79 Å². The first-order chi connectivity index (χ1) is 10.1. The fraction of sp³-hybridized carbons (Fsp3) is 0.412. The zero-order chi connectivity index (χ0) is 15.2. The highest BCUT2D eigenvalue weighted by Crippen LogP contribution is 2.21. The lowest BCUT2D eigenvalue weighted by molar-refractivity contribution is -0.135. The van der Waals surface area contributed by atoms with Crippen molar-refractivity contribution >= 4 is 17.8 Å². The average Bonchev–Trinajstić information content (AvgIpc) is 2.91. The summed E-state index contributed by atoms with van der Waals surface area (Å²) in [4.78, 5) is 16.3. The molecule has 0 bridgehead atoms. The van der Waals surface area contributed by atoms with Crippen LogP contribution in [0.15, 0.2) is 41.4 Å². The molecule has 1 aromatic carbocycles. The first kappa shape index (κ1) is 15.4. The van der Waals surface area contributed by atoms with Crippen LogP contribution in [0.25, 0.3) is 6.08 Å². The Kier molecular flexibility index (Phi) is 5.28. The summed E-state index contributed by atoms with van der Waals surface area (Å²) in [7, 11) is 0. The van der Waals surface area contributed by atoms with Gasteiger partial charge in [-0.3, -0.25) is 0 Å². The summed E-state index contributed by atoms with van der Waals surface area (Å²) < 4.78 is 10.9. The number of esters is 1. The molecule has 0 aliphatic carbocycles. The lowest BCUT2D eigenvalue weighted by atomic mass is 10.1. The Labute approximate surface area is 125 Å². The maximum absolute atomic E-state index is 12.0. The zero-order valence-electron chi connectivity index (χ0n) is 12.7. The Morgan fingerprint density at radius 2 is 2.10 bits per heavy atom. The van der Waals surface area contributed by atoms with Crippen LogP contribution in [-0.4, -0.2) is 30.6 Å². The van der Waals surface area contributed by atoms with Gasteiger partial charge in [-0.15, -0.1) is 0 Å². The molecule has 0 saturated heterocycles. The lowest BCUT2D eigenvalue weighted by Crippen LogP contribution is -2.27. The van der Waals surface area contributed by atoms with E-state index in [1.165, 1.54) is 0 Å². The van der Waals surface area contributed by atoms with Gasteiger partial charge in [0.05, 0.1) is 6.61 Å². The van der Waals surface area contributed by atoms with Crippen molar-refractivity contribution in [3.63, 3.8) is 0 Å². The van der Waals surface area contributed by atoms with Gasteiger partial charge in [-0.1, -0.05) is 50.3 Å². The summed E-state index contributed by atoms with van der Waals surface area (Å²) in [6, 6.07) is 9.88. The van der Waals surface area contributed by atoms with Gasteiger partial charge in [0, 0.05) is 5.92 Å². The first-order valence-electron chi connectivity index (χ1n) is 7.25. The number of aliphatic imine (C=N–C) groups is 1. The van der Waals surface area contributed by atoms with Crippen LogP contribution in [0.4, 0.5) is 0 Å². The normalized spacial score (nSPS) is 21.8. The van der Waals surface area contributed by atoms with Crippen LogP contribution in [0.1, 0.15) is 26.3 Å². The summed E-state index contributed by atoms with van der Waals surface area (Å²) in [5.41, 5.74) is 1.40. The molecule has 2 rings (SSSR count). The molecule has 1 aliphatic rings. The van der Waals surface area contributed by atoms with Crippen molar-refractivity contribution in [1.29, 1.82) is 0 Å². The minimum absolute atomic E-state index is 0.213. The Hall–Kier alpha value is -1.94. The fourth-order valence-corrected chi connectivity index (χ4v) is 2.03. The number of ether oxygens (including phenoxy) is 2. The molecule has 0 fully saturated rings. The third-order valence-electron chi connectivity index (χ3n) is 3.14. The quantitative estimate of drug-likeness (QED) is 0.782. The van der Waals surface area contributed by atoms with Gasteiger partial charge in [0.2, 0.25) is 0 Å².